The number of nitrogen functional groups attached to an aromatic ring is 1. The number of anilines is 2. The number of carbonyl (C=O) groups excluding carboxylic acids is 1. The van der Waals surface area contributed by atoms with E-state index in [4.69, 9.17) is 10.5 Å². The second-order valence-electron chi connectivity index (χ2n) is 5.30. The smallest absolute Gasteiger partial charge is 0.233 e. The first kappa shape index (κ1) is 15.4. The Hall–Kier alpha value is -2.48. The van der Waals surface area contributed by atoms with Gasteiger partial charge in [0.25, 0.3) is 0 Å². The first-order chi connectivity index (χ1) is 10.9. The number of benzene rings is 1. The summed E-state index contributed by atoms with van der Waals surface area (Å²) in [6.07, 6.45) is 0.125. The Labute approximate surface area is 134 Å². The van der Waals surface area contributed by atoms with Crippen molar-refractivity contribution < 1.29 is 9.00 Å². The molecule has 0 aliphatic carbocycles. The summed E-state index contributed by atoms with van der Waals surface area (Å²) >= 11 is 0. The lowest BCUT2D eigenvalue weighted by Gasteiger charge is -2.17. The number of rotatable bonds is 4. The first-order valence-corrected chi connectivity index (χ1v) is 8.92. The Kier molecular flexibility index (Phi) is 3.77. The van der Waals surface area contributed by atoms with E-state index < -0.39 is 9.73 Å². The monoisotopic (exact) mass is 331 g/mol. The standard InChI is InChI=1S/C15H17N5O2S/c1-2-23(17,22)15-18-13(16)11-8-12(21)20(14(11)19-15)9-10-6-4-3-5-7-10/h3-7,17H,2,8-9H2,1H3,(H2,16,18,19). The Balaban J connectivity index is 2.06. The molecule has 1 aromatic heterocycles. The van der Waals surface area contributed by atoms with E-state index in [1.54, 1.807) is 6.92 Å². The van der Waals surface area contributed by atoms with Crippen molar-refractivity contribution in [2.24, 2.45) is 0 Å². The third-order valence-electron chi connectivity index (χ3n) is 3.77. The summed E-state index contributed by atoms with van der Waals surface area (Å²) in [4.78, 5) is 22.0. The molecule has 2 aromatic rings. The average Bonchev–Trinajstić information content (AvgIpc) is 2.85. The van der Waals surface area contributed by atoms with Crippen LogP contribution in [0.4, 0.5) is 11.6 Å². The van der Waals surface area contributed by atoms with Crippen LogP contribution in [0.25, 0.3) is 0 Å². The van der Waals surface area contributed by atoms with Crippen LogP contribution in [-0.2, 0) is 27.5 Å². The zero-order chi connectivity index (χ0) is 16.6. The van der Waals surface area contributed by atoms with Gasteiger partial charge in [-0.05, 0) is 5.56 Å². The van der Waals surface area contributed by atoms with Gasteiger partial charge in [0.15, 0.2) is 0 Å². The molecule has 1 unspecified atom stereocenters. The molecule has 1 aromatic carbocycles. The highest BCUT2D eigenvalue weighted by atomic mass is 32.2. The number of carbonyl (C=O) groups is 1. The number of fused-ring (bicyclic) bond motifs is 1. The summed E-state index contributed by atoms with van der Waals surface area (Å²) in [7, 11) is -3.10. The summed E-state index contributed by atoms with van der Waals surface area (Å²) in [6, 6.07) is 9.51. The predicted octanol–water partition coefficient (Wildman–Crippen LogP) is 1.57. The van der Waals surface area contributed by atoms with Crippen LogP contribution in [0.3, 0.4) is 0 Å². The lowest BCUT2D eigenvalue weighted by molar-refractivity contribution is -0.117. The Morgan fingerprint density at radius 1 is 1.30 bits per heavy atom. The third kappa shape index (κ3) is 2.77. The quantitative estimate of drug-likeness (QED) is 0.826. The zero-order valence-electron chi connectivity index (χ0n) is 12.7. The molecular weight excluding hydrogens is 314 g/mol. The minimum Gasteiger partial charge on any atom is -0.383 e. The van der Waals surface area contributed by atoms with Gasteiger partial charge in [-0.1, -0.05) is 37.3 Å². The van der Waals surface area contributed by atoms with Crippen molar-refractivity contribution in [3.05, 3.63) is 41.5 Å². The molecule has 23 heavy (non-hydrogen) atoms. The van der Waals surface area contributed by atoms with E-state index in [0.29, 0.717) is 17.9 Å². The van der Waals surface area contributed by atoms with Crippen molar-refractivity contribution >= 4 is 27.3 Å². The molecular formula is C15H17N5O2S. The maximum atomic E-state index is 12.3. The van der Waals surface area contributed by atoms with Gasteiger partial charge >= 0.3 is 0 Å². The topological polar surface area (TPSA) is 113 Å². The van der Waals surface area contributed by atoms with Gasteiger partial charge in [0, 0.05) is 11.3 Å². The number of nitrogens with two attached hydrogens (primary N) is 1. The van der Waals surface area contributed by atoms with Gasteiger partial charge in [0.05, 0.1) is 13.0 Å². The number of hydrogen-bond donors (Lipinski definition) is 2. The van der Waals surface area contributed by atoms with Crippen molar-refractivity contribution in [3.8, 4) is 0 Å². The van der Waals surface area contributed by atoms with Crippen LogP contribution in [0.5, 0.6) is 0 Å². The van der Waals surface area contributed by atoms with E-state index in [1.807, 2.05) is 30.3 Å². The SMILES string of the molecule is CCS(=N)(=O)c1nc(N)c2c(n1)N(Cc1ccccc1)C(=O)C2. The number of nitrogens with one attached hydrogen (secondary N) is 1. The molecule has 0 fully saturated rings. The fourth-order valence-electron chi connectivity index (χ4n) is 2.43. The molecule has 3 rings (SSSR count). The van der Waals surface area contributed by atoms with Gasteiger partial charge in [-0.2, -0.15) is 0 Å². The van der Waals surface area contributed by atoms with Crippen molar-refractivity contribution in [2.45, 2.75) is 25.0 Å². The highest BCUT2D eigenvalue weighted by Gasteiger charge is 2.33. The van der Waals surface area contributed by atoms with E-state index in [9.17, 15) is 9.00 Å². The van der Waals surface area contributed by atoms with Crippen LogP contribution in [0.2, 0.25) is 0 Å². The van der Waals surface area contributed by atoms with Crippen LogP contribution in [0, 0.1) is 4.78 Å². The molecule has 1 amide bonds. The number of aromatic nitrogens is 2. The van der Waals surface area contributed by atoms with Crippen molar-refractivity contribution in [1.29, 1.82) is 4.78 Å². The molecule has 1 atom stereocenters. The Bertz CT molecular complexity index is 865. The molecule has 1 aliphatic rings. The van der Waals surface area contributed by atoms with Gasteiger partial charge < -0.3 is 5.73 Å². The summed E-state index contributed by atoms with van der Waals surface area (Å²) in [6.45, 7) is 1.99. The Morgan fingerprint density at radius 2 is 2.00 bits per heavy atom. The molecule has 0 bridgehead atoms. The van der Waals surface area contributed by atoms with E-state index in [2.05, 4.69) is 9.97 Å². The lowest BCUT2D eigenvalue weighted by Crippen LogP contribution is -2.27. The maximum Gasteiger partial charge on any atom is 0.233 e. The molecule has 0 saturated heterocycles. The number of nitrogens with zero attached hydrogens (tertiary/aromatic N) is 3. The minimum absolute atomic E-state index is 0.0951. The van der Waals surface area contributed by atoms with Gasteiger partial charge in [-0.15, -0.1) is 0 Å². The highest BCUT2D eigenvalue weighted by molar-refractivity contribution is 7.92. The highest BCUT2D eigenvalue weighted by Crippen LogP contribution is 2.32. The van der Waals surface area contributed by atoms with E-state index >= 15 is 0 Å². The summed E-state index contributed by atoms with van der Waals surface area (Å²) in [5, 5.41) is -0.107. The van der Waals surface area contributed by atoms with Crippen LogP contribution in [-0.4, -0.2) is 25.8 Å². The van der Waals surface area contributed by atoms with Gasteiger partial charge in [-0.25, -0.2) is 19.0 Å². The third-order valence-corrected chi connectivity index (χ3v) is 5.35. The molecule has 8 heteroatoms. The molecule has 0 spiro atoms. The predicted molar refractivity (Wildman–Crippen MR) is 87.4 cm³/mol. The van der Waals surface area contributed by atoms with Gasteiger partial charge in [0.2, 0.25) is 11.1 Å². The fourth-order valence-corrected chi connectivity index (χ4v) is 3.17. The lowest BCUT2D eigenvalue weighted by atomic mass is 10.2. The van der Waals surface area contributed by atoms with Crippen LogP contribution < -0.4 is 10.6 Å². The van der Waals surface area contributed by atoms with Gasteiger partial charge in [0.1, 0.15) is 21.4 Å². The minimum atomic E-state index is -3.10. The molecule has 0 radical (unpaired) electrons. The second-order valence-corrected chi connectivity index (χ2v) is 7.59. The largest absolute Gasteiger partial charge is 0.383 e. The van der Waals surface area contributed by atoms with E-state index in [0.717, 1.165) is 5.56 Å². The van der Waals surface area contributed by atoms with Crippen molar-refractivity contribution in [1.82, 2.24) is 9.97 Å². The van der Waals surface area contributed by atoms with Gasteiger partial charge in [-0.3, -0.25) is 9.69 Å². The number of hydrogen-bond acceptors (Lipinski definition) is 6. The van der Waals surface area contributed by atoms with Crippen LogP contribution in [0.15, 0.2) is 35.5 Å². The maximum absolute atomic E-state index is 12.3. The molecule has 0 saturated carbocycles. The van der Waals surface area contributed by atoms with E-state index in [-0.39, 0.29) is 29.1 Å². The molecule has 120 valence electrons. The van der Waals surface area contributed by atoms with Crippen molar-refractivity contribution in [2.75, 3.05) is 16.4 Å². The summed E-state index contributed by atoms with van der Waals surface area (Å²) < 4.78 is 20.1. The average molecular weight is 331 g/mol. The molecule has 7 nitrogen and oxygen atoms in total. The second kappa shape index (κ2) is 5.62. The zero-order valence-corrected chi connectivity index (χ0v) is 13.5. The summed E-state index contributed by atoms with van der Waals surface area (Å²) in [5.41, 5.74) is 7.40. The van der Waals surface area contributed by atoms with E-state index in [1.165, 1.54) is 4.90 Å². The number of amides is 1. The summed E-state index contributed by atoms with van der Waals surface area (Å²) in [5.74, 6) is 0.463. The Morgan fingerprint density at radius 3 is 2.65 bits per heavy atom. The molecule has 1 aliphatic heterocycles. The normalized spacial score (nSPS) is 16.2. The molecule has 2 heterocycles. The molecule has 3 N–H and O–H groups in total. The van der Waals surface area contributed by atoms with Crippen LogP contribution in [0.1, 0.15) is 18.1 Å². The van der Waals surface area contributed by atoms with Crippen LogP contribution >= 0.6 is 0 Å². The fraction of sp³-hybridized carbons (Fsp3) is 0.267. The van der Waals surface area contributed by atoms with Crippen molar-refractivity contribution in [3.63, 3.8) is 0 Å². The first-order valence-electron chi connectivity index (χ1n) is 7.19.